The molecule has 0 saturated heterocycles. The van der Waals surface area contributed by atoms with Crippen molar-refractivity contribution in [2.24, 2.45) is 0 Å². The number of fused-ring (bicyclic) bond motifs is 1. The number of hydrogen-bond acceptors (Lipinski definition) is 2. The minimum atomic E-state index is 1.04. The van der Waals surface area contributed by atoms with Crippen LogP contribution in [0.25, 0.3) is 0 Å². The van der Waals surface area contributed by atoms with Gasteiger partial charge >= 0.3 is 0 Å². The fourth-order valence-electron chi connectivity index (χ4n) is 2.15. The van der Waals surface area contributed by atoms with Crippen molar-refractivity contribution >= 4 is 12.5 Å². The molecule has 0 radical (unpaired) electrons. The minimum absolute atomic E-state index is 1.04. The number of benzene rings is 2. The van der Waals surface area contributed by atoms with Crippen molar-refractivity contribution in [1.29, 1.82) is 0 Å². The molecule has 0 fully saturated rings. The number of carbonyl (C=O) groups excluding carboxylic acids is 1. The summed E-state index contributed by atoms with van der Waals surface area (Å²) in [4.78, 5) is 10.4. The van der Waals surface area contributed by atoms with E-state index in [-0.39, 0.29) is 0 Å². The molecule has 0 saturated carbocycles. The number of anilines is 1. The van der Waals surface area contributed by atoms with Crippen LogP contribution in [-0.2, 0) is 17.9 Å². The second-order valence-corrected chi connectivity index (χ2v) is 3.96. The van der Waals surface area contributed by atoms with Gasteiger partial charge < -0.3 is 9.69 Å². The van der Waals surface area contributed by atoms with Crippen LogP contribution in [0.15, 0.2) is 54.6 Å². The summed E-state index contributed by atoms with van der Waals surface area (Å²) >= 11 is 0. The van der Waals surface area contributed by atoms with Crippen LogP contribution in [0.5, 0.6) is 0 Å². The second-order valence-electron chi connectivity index (χ2n) is 3.96. The highest BCUT2D eigenvalue weighted by Gasteiger charge is 2.17. The Balaban J connectivity index is 0.000000598. The molecule has 2 nitrogen and oxygen atoms in total. The topological polar surface area (TPSA) is 20.3 Å². The van der Waals surface area contributed by atoms with Gasteiger partial charge in [-0.15, -0.1) is 0 Å². The maximum atomic E-state index is 8.00. The molecule has 0 amide bonds. The second kappa shape index (κ2) is 11.7. The maximum Gasteiger partial charge on any atom is 0.106 e. The van der Waals surface area contributed by atoms with Crippen LogP contribution in [0.1, 0.15) is 38.8 Å². The molecule has 2 heteroatoms. The standard InChI is InChI=1S/C14H13N.2C2H6.CH2O/c1-2-8-14(9-3-1)15-10-12-6-4-5-7-13(12)11-15;3*1-2/h1-9H,10-11H2;2*1-2H3;1H2. The molecule has 2 aromatic rings. The fourth-order valence-corrected chi connectivity index (χ4v) is 2.15. The van der Waals surface area contributed by atoms with Gasteiger partial charge in [-0.3, -0.25) is 0 Å². The molecule has 0 aliphatic carbocycles. The monoisotopic (exact) mass is 285 g/mol. The third-order valence-corrected chi connectivity index (χ3v) is 2.96. The van der Waals surface area contributed by atoms with Crippen LogP contribution in [0.2, 0.25) is 0 Å². The molecule has 2 aromatic carbocycles. The van der Waals surface area contributed by atoms with Crippen LogP contribution >= 0.6 is 0 Å². The summed E-state index contributed by atoms with van der Waals surface area (Å²) in [6, 6.07) is 19.3. The van der Waals surface area contributed by atoms with E-state index in [2.05, 4.69) is 59.5 Å². The highest BCUT2D eigenvalue weighted by molar-refractivity contribution is 5.51. The van der Waals surface area contributed by atoms with Gasteiger partial charge in [0.05, 0.1) is 0 Å². The van der Waals surface area contributed by atoms with Gasteiger partial charge in [0, 0.05) is 18.8 Å². The van der Waals surface area contributed by atoms with Gasteiger partial charge in [-0.1, -0.05) is 70.2 Å². The lowest BCUT2D eigenvalue weighted by atomic mass is 10.1. The van der Waals surface area contributed by atoms with E-state index >= 15 is 0 Å². The highest BCUT2D eigenvalue weighted by atomic mass is 16.1. The molecular weight excluding hydrogens is 258 g/mol. The first-order valence-corrected chi connectivity index (χ1v) is 7.59. The van der Waals surface area contributed by atoms with Gasteiger partial charge in [0.1, 0.15) is 6.79 Å². The Hall–Kier alpha value is -2.09. The molecule has 0 aromatic heterocycles. The van der Waals surface area contributed by atoms with Gasteiger partial charge in [-0.05, 0) is 23.3 Å². The smallest absolute Gasteiger partial charge is 0.106 e. The van der Waals surface area contributed by atoms with Gasteiger partial charge in [0.2, 0.25) is 0 Å². The highest BCUT2D eigenvalue weighted by Crippen LogP contribution is 2.27. The Kier molecular flexibility index (Phi) is 10.5. The average Bonchev–Trinajstić information content (AvgIpc) is 3.05. The maximum absolute atomic E-state index is 8.00. The lowest BCUT2D eigenvalue weighted by Crippen LogP contribution is -2.13. The molecule has 114 valence electrons. The fraction of sp³-hybridized carbons (Fsp3) is 0.316. The van der Waals surface area contributed by atoms with E-state index in [0.717, 1.165) is 13.1 Å². The molecule has 0 atom stereocenters. The lowest BCUT2D eigenvalue weighted by molar-refractivity contribution is -0.0979. The van der Waals surface area contributed by atoms with E-state index in [4.69, 9.17) is 4.79 Å². The number of para-hydroxylation sites is 1. The molecule has 0 spiro atoms. The normalized spacial score (nSPS) is 10.8. The van der Waals surface area contributed by atoms with Crippen LogP contribution in [0.4, 0.5) is 5.69 Å². The van der Waals surface area contributed by atoms with Crippen molar-refractivity contribution in [3.8, 4) is 0 Å². The van der Waals surface area contributed by atoms with E-state index in [9.17, 15) is 0 Å². The van der Waals surface area contributed by atoms with Gasteiger partial charge in [0.25, 0.3) is 0 Å². The lowest BCUT2D eigenvalue weighted by Gasteiger charge is -2.17. The molecule has 0 unspecified atom stereocenters. The SMILES string of the molecule is C=O.CC.CC.c1ccc(N2Cc3ccccc3C2)cc1. The number of rotatable bonds is 1. The average molecular weight is 285 g/mol. The zero-order valence-corrected chi connectivity index (χ0v) is 13.7. The van der Waals surface area contributed by atoms with Crippen LogP contribution in [0.3, 0.4) is 0 Å². The Labute approximate surface area is 129 Å². The van der Waals surface area contributed by atoms with E-state index in [1.165, 1.54) is 16.8 Å². The first-order valence-electron chi connectivity index (χ1n) is 7.59. The molecule has 0 N–H and O–H groups in total. The largest absolute Gasteiger partial charge is 0.363 e. The third-order valence-electron chi connectivity index (χ3n) is 2.96. The first kappa shape index (κ1) is 18.9. The Morgan fingerprint density at radius 3 is 1.52 bits per heavy atom. The van der Waals surface area contributed by atoms with Crippen molar-refractivity contribution in [3.63, 3.8) is 0 Å². The Morgan fingerprint density at radius 1 is 0.714 bits per heavy atom. The van der Waals surface area contributed by atoms with E-state index < -0.39 is 0 Å². The zero-order valence-electron chi connectivity index (χ0n) is 13.7. The molecular formula is C19H27NO. The van der Waals surface area contributed by atoms with Crippen molar-refractivity contribution in [2.45, 2.75) is 40.8 Å². The summed E-state index contributed by atoms with van der Waals surface area (Å²) in [5, 5.41) is 0. The number of nitrogens with zero attached hydrogens (tertiary/aromatic N) is 1. The van der Waals surface area contributed by atoms with Gasteiger partial charge in [-0.25, -0.2) is 0 Å². The number of carbonyl (C=O) groups is 1. The van der Waals surface area contributed by atoms with Crippen LogP contribution < -0.4 is 4.90 Å². The molecule has 1 aliphatic rings. The van der Waals surface area contributed by atoms with E-state index in [1.54, 1.807) is 0 Å². The summed E-state index contributed by atoms with van der Waals surface area (Å²) in [5.74, 6) is 0. The van der Waals surface area contributed by atoms with Crippen molar-refractivity contribution in [1.82, 2.24) is 0 Å². The quantitative estimate of drug-likeness (QED) is 0.728. The summed E-state index contributed by atoms with van der Waals surface area (Å²) in [6.07, 6.45) is 0. The van der Waals surface area contributed by atoms with Crippen molar-refractivity contribution in [3.05, 3.63) is 65.7 Å². The van der Waals surface area contributed by atoms with E-state index in [1.807, 2.05) is 34.5 Å². The van der Waals surface area contributed by atoms with Crippen LogP contribution in [-0.4, -0.2) is 6.79 Å². The zero-order chi connectivity index (χ0) is 16.1. The summed E-state index contributed by atoms with van der Waals surface area (Å²) in [6.45, 7) is 12.1. The van der Waals surface area contributed by atoms with Gasteiger partial charge in [0.15, 0.2) is 0 Å². The molecule has 1 aliphatic heterocycles. The third kappa shape index (κ3) is 5.42. The Bertz CT molecular complexity index is 457. The molecule has 21 heavy (non-hydrogen) atoms. The molecule has 0 bridgehead atoms. The van der Waals surface area contributed by atoms with Crippen molar-refractivity contribution in [2.75, 3.05) is 4.90 Å². The van der Waals surface area contributed by atoms with E-state index in [0.29, 0.717) is 0 Å². The van der Waals surface area contributed by atoms with Gasteiger partial charge in [-0.2, -0.15) is 0 Å². The molecule has 3 rings (SSSR count). The van der Waals surface area contributed by atoms with Crippen LogP contribution in [0, 0.1) is 0 Å². The Morgan fingerprint density at radius 2 is 1.10 bits per heavy atom. The number of hydrogen-bond donors (Lipinski definition) is 0. The summed E-state index contributed by atoms with van der Waals surface area (Å²) in [7, 11) is 0. The first-order chi connectivity index (χ1) is 10.4. The molecule has 1 heterocycles. The minimum Gasteiger partial charge on any atom is -0.363 e. The summed E-state index contributed by atoms with van der Waals surface area (Å²) < 4.78 is 0. The summed E-state index contributed by atoms with van der Waals surface area (Å²) in [5.41, 5.74) is 4.23. The van der Waals surface area contributed by atoms with Crippen molar-refractivity contribution < 1.29 is 4.79 Å². The predicted molar refractivity (Wildman–Crippen MR) is 92.6 cm³/mol. The predicted octanol–water partition coefficient (Wildman–Crippen LogP) is 5.07.